The van der Waals surface area contributed by atoms with Gasteiger partial charge in [-0.15, -0.1) is 11.3 Å². The van der Waals surface area contributed by atoms with E-state index in [1.54, 1.807) is 18.3 Å². The summed E-state index contributed by atoms with van der Waals surface area (Å²) in [4.78, 5) is 36.4. The van der Waals surface area contributed by atoms with Gasteiger partial charge in [-0.05, 0) is 19.1 Å². The summed E-state index contributed by atoms with van der Waals surface area (Å²) in [6, 6.07) is 5.99. The highest BCUT2D eigenvalue weighted by Gasteiger charge is 2.37. The highest BCUT2D eigenvalue weighted by Crippen LogP contribution is 2.34. The summed E-state index contributed by atoms with van der Waals surface area (Å²) in [5.41, 5.74) is -0.234. The summed E-state index contributed by atoms with van der Waals surface area (Å²) in [5.74, 6) is -3.64. The van der Waals surface area contributed by atoms with E-state index in [1.165, 1.54) is 30.5 Å². The molecule has 31 heavy (non-hydrogen) atoms. The number of carbonyl (C=O) groups excluding carboxylic acids is 1. The molecule has 13 heteroatoms. The molecule has 2 heterocycles. The van der Waals surface area contributed by atoms with E-state index in [0.29, 0.717) is 17.3 Å². The van der Waals surface area contributed by atoms with Crippen LogP contribution in [0.4, 0.5) is 5.13 Å². The third-order valence-electron chi connectivity index (χ3n) is 3.75. The molecule has 0 saturated heterocycles. The molecule has 4 N–H and O–H groups in total. The molecule has 164 valence electrons. The summed E-state index contributed by atoms with van der Waals surface area (Å²) in [6.45, 7) is 1.83. The standard InChI is InChI=1S/C14H13N3O4S2.C4H4O4/c1-8-7-15-14(22-8)16-13(19)11-12(18)9-5-3-4-6-10(9)23(20,21)17(11)2;5-3(6)1-2-4(7)8/h3-7,18H,1-2H3,(H,15,16,19);1-2H,(H,5,6)(H,7,8)/b;2-1+. The van der Waals surface area contributed by atoms with Crippen LogP contribution < -0.4 is 5.32 Å². The number of carboxylic acid groups (broad SMARTS) is 2. The minimum absolute atomic E-state index is 0.0401. The molecule has 0 aliphatic carbocycles. The number of fused-ring (bicyclic) bond motifs is 1. The van der Waals surface area contributed by atoms with Crippen molar-refractivity contribution in [1.82, 2.24) is 9.29 Å². The Kier molecular flexibility index (Phi) is 7.15. The molecule has 0 fully saturated rings. The van der Waals surface area contributed by atoms with Crippen molar-refractivity contribution >= 4 is 50.1 Å². The van der Waals surface area contributed by atoms with Gasteiger partial charge in [0.25, 0.3) is 15.9 Å². The molecule has 0 spiro atoms. The average molecular weight is 467 g/mol. The third kappa shape index (κ3) is 5.46. The number of hydrogen-bond donors (Lipinski definition) is 4. The van der Waals surface area contributed by atoms with E-state index >= 15 is 0 Å². The van der Waals surface area contributed by atoms with Gasteiger partial charge >= 0.3 is 11.9 Å². The molecule has 1 aliphatic rings. The zero-order valence-corrected chi connectivity index (χ0v) is 17.8. The van der Waals surface area contributed by atoms with Gasteiger partial charge in [0.2, 0.25) is 0 Å². The van der Waals surface area contributed by atoms with E-state index in [9.17, 15) is 27.9 Å². The Morgan fingerprint density at radius 1 is 1.13 bits per heavy atom. The predicted molar refractivity (Wildman–Crippen MR) is 111 cm³/mol. The number of likely N-dealkylation sites (N-methyl/N-ethyl adjacent to an activating group) is 1. The number of amides is 1. The first kappa shape index (κ1) is 23.6. The Bertz CT molecular complexity index is 1180. The Morgan fingerprint density at radius 3 is 2.23 bits per heavy atom. The molecule has 1 amide bonds. The monoisotopic (exact) mass is 467 g/mol. The Morgan fingerprint density at radius 2 is 1.71 bits per heavy atom. The maximum absolute atomic E-state index is 12.5. The van der Waals surface area contributed by atoms with Crippen LogP contribution in [0.5, 0.6) is 0 Å². The number of aliphatic hydroxyl groups is 1. The van der Waals surface area contributed by atoms with E-state index in [1.807, 2.05) is 6.92 Å². The maximum Gasteiger partial charge on any atom is 0.328 e. The molecule has 0 unspecified atom stereocenters. The fourth-order valence-electron chi connectivity index (χ4n) is 2.39. The number of nitrogens with zero attached hydrogens (tertiary/aromatic N) is 2. The topological polar surface area (TPSA) is 174 Å². The first-order valence-electron chi connectivity index (χ1n) is 8.34. The number of nitrogens with one attached hydrogen (secondary N) is 1. The number of hydrogen-bond acceptors (Lipinski definition) is 8. The van der Waals surface area contributed by atoms with E-state index in [-0.39, 0.29) is 21.9 Å². The van der Waals surface area contributed by atoms with E-state index in [2.05, 4.69) is 10.3 Å². The number of carbonyl (C=O) groups is 3. The molecule has 0 atom stereocenters. The predicted octanol–water partition coefficient (Wildman–Crippen LogP) is 1.66. The van der Waals surface area contributed by atoms with E-state index < -0.39 is 27.9 Å². The van der Waals surface area contributed by atoms with Crippen molar-refractivity contribution < 1.29 is 38.1 Å². The largest absolute Gasteiger partial charge is 0.505 e. The van der Waals surface area contributed by atoms with Gasteiger partial charge in [-0.1, -0.05) is 12.1 Å². The van der Waals surface area contributed by atoms with Gasteiger partial charge in [-0.2, -0.15) is 0 Å². The lowest BCUT2D eigenvalue weighted by Gasteiger charge is -2.28. The van der Waals surface area contributed by atoms with E-state index in [4.69, 9.17) is 10.2 Å². The van der Waals surface area contributed by atoms with Crippen molar-refractivity contribution in [3.05, 3.63) is 58.8 Å². The molecule has 1 aromatic carbocycles. The second kappa shape index (κ2) is 9.40. The number of thiazole rings is 1. The fraction of sp³-hybridized carbons (Fsp3) is 0.111. The fourth-order valence-corrected chi connectivity index (χ4v) is 4.45. The molecule has 0 bridgehead atoms. The number of anilines is 1. The number of benzene rings is 1. The van der Waals surface area contributed by atoms with Gasteiger partial charge < -0.3 is 15.3 Å². The lowest BCUT2D eigenvalue weighted by atomic mass is 10.1. The van der Waals surface area contributed by atoms with Crippen LogP contribution in [-0.2, 0) is 24.4 Å². The first-order valence-corrected chi connectivity index (χ1v) is 10.6. The molecule has 11 nitrogen and oxygen atoms in total. The molecule has 0 radical (unpaired) electrons. The Hall–Kier alpha value is -3.71. The Balaban J connectivity index is 0.000000366. The molecular formula is C18H17N3O8S2. The first-order chi connectivity index (χ1) is 14.4. The second-order valence-electron chi connectivity index (χ2n) is 5.91. The summed E-state index contributed by atoms with van der Waals surface area (Å²) in [6.07, 6.45) is 2.70. The van der Waals surface area contributed by atoms with Gasteiger partial charge in [0, 0.05) is 35.8 Å². The zero-order valence-electron chi connectivity index (χ0n) is 16.1. The minimum atomic E-state index is -3.90. The number of aryl methyl sites for hydroxylation is 1. The van der Waals surface area contributed by atoms with E-state index in [0.717, 1.165) is 9.18 Å². The summed E-state index contributed by atoms with van der Waals surface area (Å²) in [5, 5.41) is 28.8. The van der Waals surface area contributed by atoms with Crippen LogP contribution in [0.1, 0.15) is 10.4 Å². The van der Waals surface area contributed by atoms with Crippen LogP contribution in [0.25, 0.3) is 5.76 Å². The van der Waals surface area contributed by atoms with Gasteiger partial charge in [0.1, 0.15) is 0 Å². The molecule has 1 aromatic heterocycles. The summed E-state index contributed by atoms with van der Waals surface area (Å²) in [7, 11) is -2.67. The quantitative estimate of drug-likeness (QED) is 0.487. The number of aliphatic hydroxyl groups excluding tert-OH is 1. The van der Waals surface area contributed by atoms with Crippen molar-refractivity contribution in [2.75, 3.05) is 12.4 Å². The SMILES string of the molecule is Cc1cnc(NC(=O)C2=C(O)c3ccccc3S(=O)(=O)N2C)s1.O=C(O)/C=C/C(=O)O. The van der Waals surface area contributed by atoms with Crippen molar-refractivity contribution in [2.24, 2.45) is 0 Å². The number of carboxylic acids is 2. The van der Waals surface area contributed by atoms with Crippen LogP contribution >= 0.6 is 11.3 Å². The average Bonchev–Trinajstić information content (AvgIpc) is 3.10. The smallest absolute Gasteiger partial charge is 0.328 e. The lowest BCUT2D eigenvalue weighted by Crippen LogP contribution is -2.37. The number of rotatable bonds is 4. The van der Waals surface area contributed by atoms with Crippen LogP contribution in [0.15, 0.2) is 53.2 Å². The normalized spacial score (nSPS) is 14.5. The zero-order chi connectivity index (χ0) is 23.3. The number of aromatic nitrogens is 1. The van der Waals surface area contributed by atoms with Gasteiger partial charge in [0.15, 0.2) is 16.6 Å². The molecule has 0 saturated carbocycles. The van der Waals surface area contributed by atoms with Gasteiger partial charge in [0.05, 0.1) is 4.90 Å². The van der Waals surface area contributed by atoms with Crippen molar-refractivity contribution in [2.45, 2.75) is 11.8 Å². The van der Waals surface area contributed by atoms with Crippen LogP contribution in [-0.4, -0.2) is 57.9 Å². The highest BCUT2D eigenvalue weighted by atomic mass is 32.2. The highest BCUT2D eigenvalue weighted by molar-refractivity contribution is 7.89. The summed E-state index contributed by atoms with van der Waals surface area (Å²) < 4.78 is 25.8. The second-order valence-corrected chi connectivity index (χ2v) is 9.08. The molecule has 2 aromatic rings. The molecule has 3 rings (SSSR count). The lowest BCUT2D eigenvalue weighted by molar-refractivity contribution is -0.134. The molecule has 1 aliphatic heterocycles. The molecular weight excluding hydrogens is 450 g/mol. The number of aliphatic carboxylic acids is 2. The van der Waals surface area contributed by atoms with Crippen molar-refractivity contribution in [3.8, 4) is 0 Å². The van der Waals surface area contributed by atoms with Crippen molar-refractivity contribution in [1.29, 1.82) is 0 Å². The van der Waals surface area contributed by atoms with Gasteiger partial charge in [-0.3, -0.25) is 14.4 Å². The third-order valence-corrected chi connectivity index (χ3v) is 6.39. The van der Waals surface area contributed by atoms with Crippen LogP contribution in [0.3, 0.4) is 0 Å². The van der Waals surface area contributed by atoms with Gasteiger partial charge in [-0.25, -0.2) is 23.0 Å². The minimum Gasteiger partial charge on any atom is -0.505 e. The maximum atomic E-state index is 12.5. The number of sulfonamides is 1. The summed E-state index contributed by atoms with van der Waals surface area (Å²) >= 11 is 1.25. The van der Waals surface area contributed by atoms with Crippen molar-refractivity contribution in [3.63, 3.8) is 0 Å². The van der Waals surface area contributed by atoms with Crippen LogP contribution in [0, 0.1) is 6.92 Å². The Labute approximate surface area is 180 Å². The van der Waals surface area contributed by atoms with Crippen LogP contribution in [0.2, 0.25) is 0 Å².